The van der Waals surface area contributed by atoms with Crippen LogP contribution < -0.4 is 10.6 Å². The van der Waals surface area contributed by atoms with Crippen LogP contribution in [0.25, 0.3) is 0 Å². The molecular formula is C13H18N4O3. The molecule has 4 atom stereocenters. The first-order chi connectivity index (χ1) is 9.65. The highest BCUT2D eigenvalue weighted by Crippen LogP contribution is 2.48. The number of urea groups is 1. The lowest BCUT2D eigenvalue weighted by atomic mass is 9.84. The largest absolute Gasteiger partial charge is 0.481 e. The molecule has 2 bridgehead atoms. The molecule has 2 amide bonds. The number of aromatic amines is 1. The predicted molar refractivity (Wildman–Crippen MR) is 69.7 cm³/mol. The molecule has 7 heteroatoms. The molecule has 1 aromatic heterocycles. The second-order valence-corrected chi connectivity index (χ2v) is 5.66. The van der Waals surface area contributed by atoms with E-state index in [9.17, 15) is 14.7 Å². The second kappa shape index (κ2) is 5.15. The van der Waals surface area contributed by atoms with Gasteiger partial charge in [0.05, 0.1) is 12.1 Å². The van der Waals surface area contributed by atoms with Crippen molar-refractivity contribution in [2.45, 2.75) is 31.8 Å². The molecule has 7 nitrogen and oxygen atoms in total. The van der Waals surface area contributed by atoms with Crippen LogP contribution >= 0.6 is 0 Å². The van der Waals surface area contributed by atoms with Gasteiger partial charge in [0.15, 0.2) is 0 Å². The van der Waals surface area contributed by atoms with Crippen LogP contribution in [0.15, 0.2) is 12.4 Å². The summed E-state index contributed by atoms with van der Waals surface area (Å²) in [4.78, 5) is 23.2. The fourth-order valence-corrected chi connectivity index (χ4v) is 3.61. The van der Waals surface area contributed by atoms with Crippen molar-refractivity contribution in [1.29, 1.82) is 0 Å². The number of carboxylic acids is 1. The van der Waals surface area contributed by atoms with E-state index >= 15 is 0 Å². The van der Waals surface area contributed by atoms with Gasteiger partial charge < -0.3 is 15.7 Å². The minimum atomic E-state index is -0.794. The number of fused-ring (bicyclic) bond motifs is 2. The fourth-order valence-electron chi connectivity index (χ4n) is 3.61. The summed E-state index contributed by atoms with van der Waals surface area (Å²) in [7, 11) is 0. The number of rotatable bonds is 4. The van der Waals surface area contributed by atoms with Crippen LogP contribution in [-0.2, 0) is 11.3 Å². The SMILES string of the molecule is O=C(NCc1cn[nH]c1)NC1C2CCC(C2)C1C(=O)O. The van der Waals surface area contributed by atoms with Gasteiger partial charge in [0.2, 0.25) is 0 Å². The third-order valence-electron chi connectivity index (χ3n) is 4.51. The maximum Gasteiger partial charge on any atom is 0.315 e. The first-order valence-electron chi connectivity index (χ1n) is 6.90. The number of H-pyrrole nitrogens is 1. The third-order valence-corrected chi connectivity index (χ3v) is 4.51. The Morgan fingerprint density at radius 3 is 2.90 bits per heavy atom. The summed E-state index contributed by atoms with van der Waals surface area (Å²) in [6.45, 7) is 0.376. The molecule has 108 valence electrons. The lowest BCUT2D eigenvalue weighted by molar-refractivity contribution is -0.144. The van der Waals surface area contributed by atoms with Crippen molar-refractivity contribution in [3.05, 3.63) is 18.0 Å². The highest BCUT2D eigenvalue weighted by Gasteiger charge is 2.51. The van der Waals surface area contributed by atoms with E-state index in [1.807, 2.05) is 0 Å². The van der Waals surface area contributed by atoms with E-state index in [4.69, 9.17) is 0 Å². The first-order valence-corrected chi connectivity index (χ1v) is 6.90. The quantitative estimate of drug-likeness (QED) is 0.650. The van der Waals surface area contributed by atoms with E-state index < -0.39 is 11.9 Å². The van der Waals surface area contributed by atoms with Crippen LogP contribution in [0.3, 0.4) is 0 Å². The summed E-state index contributed by atoms with van der Waals surface area (Å²) in [5.74, 6) is -0.705. The van der Waals surface area contributed by atoms with Crippen molar-refractivity contribution < 1.29 is 14.7 Å². The zero-order valence-electron chi connectivity index (χ0n) is 11.0. The van der Waals surface area contributed by atoms with Crippen LogP contribution in [0.2, 0.25) is 0 Å². The number of aromatic nitrogens is 2. The summed E-state index contributed by atoms with van der Waals surface area (Å²) < 4.78 is 0. The van der Waals surface area contributed by atoms with E-state index in [0.29, 0.717) is 12.5 Å². The van der Waals surface area contributed by atoms with Gasteiger partial charge in [-0.15, -0.1) is 0 Å². The molecule has 0 saturated heterocycles. The Morgan fingerprint density at radius 1 is 1.40 bits per heavy atom. The third kappa shape index (κ3) is 2.35. The number of aliphatic carboxylic acids is 1. The molecule has 3 rings (SSSR count). The van der Waals surface area contributed by atoms with Crippen LogP contribution in [0.1, 0.15) is 24.8 Å². The highest BCUT2D eigenvalue weighted by atomic mass is 16.4. The molecule has 0 spiro atoms. The smallest absolute Gasteiger partial charge is 0.315 e. The number of carbonyl (C=O) groups excluding carboxylic acids is 1. The van der Waals surface area contributed by atoms with Gasteiger partial charge in [0, 0.05) is 24.3 Å². The first kappa shape index (κ1) is 13.0. The van der Waals surface area contributed by atoms with Gasteiger partial charge in [-0.3, -0.25) is 9.89 Å². The molecule has 0 aliphatic heterocycles. The summed E-state index contributed by atoms with van der Waals surface area (Å²) in [5.41, 5.74) is 0.878. The number of nitrogens with zero attached hydrogens (tertiary/aromatic N) is 1. The van der Waals surface area contributed by atoms with Crippen molar-refractivity contribution in [3.63, 3.8) is 0 Å². The summed E-state index contributed by atoms with van der Waals surface area (Å²) >= 11 is 0. The van der Waals surface area contributed by atoms with E-state index in [2.05, 4.69) is 20.8 Å². The van der Waals surface area contributed by atoms with Gasteiger partial charge in [-0.1, -0.05) is 0 Å². The van der Waals surface area contributed by atoms with Crippen LogP contribution in [-0.4, -0.2) is 33.3 Å². The number of hydrogen-bond donors (Lipinski definition) is 4. The maximum absolute atomic E-state index is 11.9. The molecule has 2 saturated carbocycles. The number of nitrogens with one attached hydrogen (secondary N) is 3. The molecule has 0 radical (unpaired) electrons. The van der Waals surface area contributed by atoms with Crippen molar-refractivity contribution in [1.82, 2.24) is 20.8 Å². The average Bonchev–Trinajstić information content (AvgIpc) is 3.12. The Hall–Kier alpha value is -2.05. The van der Waals surface area contributed by atoms with Gasteiger partial charge >= 0.3 is 12.0 Å². The number of amides is 2. The summed E-state index contributed by atoms with van der Waals surface area (Å²) in [6.07, 6.45) is 6.25. The maximum atomic E-state index is 11.9. The summed E-state index contributed by atoms with van der Waals surface area (Å²) in [6, 6.07) is -0.550. The predicted octanol–water partition coefficient (Wildman–Crippen LogP) is 0.708. The molecule has 2 aliphatic rings. The Kier molecular flexibility index (Phi) is 3.33. The minimum Gasteiger partial charge on any atom is -0.481 e. The van der Waals surface area contributed by atoms with Gasteiger partial charge in [-0.25, -0.2) is 4.79 Å². The molecule has 4 N–H and O–H groups in total. The molecule has 1 aromatic rings. The molecule has 2 fully saturated rings. The zero-order chi connectivity index (χ0) is 14.1. The molecule has 0 aromatic carbocycles. The standard InChI is InChI=1S/C13H18N4O3/c18-12(19)10-8-1-2-9(3-8)11(10)17-13(20)14-4-7-5-15-16-6-7/h5-6,8-11H,1-4H2,(H,15,16)(H,18,19)(H2,14,17,20). The fraction of sp³-hybridized carbons (Fsp3) is 0.615. The molecule has 2 aliphatic carbocycles. The molecule has 20 heavy (non-hydrogen) atoms. The average molecular weight is 278 g/mol. The van der Waals surface area contributed by atoms with Crippen LogP contribution in [0, 0.1) is 17.8 Å². The van der Waals surface area contributed by atoms with Gasteiger partial charge in [0.1, 0.15) is 0 Å². The lowest BCUT2D eigenvalue weighted by Crippen LogP contribution is -2.50. The number of carboxylic acid groups (broad SMARTS) is 1. The van der Waals surface area contributed by atoms with Crippen molar-refractivity contribution >= 4 is 12.0 Å². The van der Waals surface area contributed by atoms with Crippen molar-refractivity contribution in [2.24, 2.45) is 17.8 Å². The monoisotopic (exact) mass is 278 g/mol. The van der Waals surface area contributed by atoms with Crippen LogP contribution in [0.4, 0.5) is 4.79 Å². The van der Waals surface area contributed by atoms with Crippen molar-refractivity contribution in [2.75, 3.05) is 0 Å². The Balaban J connectivity index is 1.56. The lowest BCUT2D eigenvalue weighted by Gasteiger charge is -2.28. The van der Waals surface area contributed by atoms with E-state index in [-0.39, 0.29) is 18.0 Å². The van der Waals surface area contributed by atoms with E-state index in [1.54, 1.807) is 12.4 Å². The van der Waals surface area contributed by atoms with Crippen LogP contribution in [0.5, 0.6) is 0 Å². The topological polar surface area (TPSA) is 107 Å². The highest BCUT2D eigenvalue weighted by molar-refractivity contribution is 5.77. The summed E-state index contributed by atoms with van der Waals surface area (Å²) in [5, 5.41) is 21.4. The normalized spacial score (nSPS) is 31.2. The number of carbonyl (C=O) groups is 2. The van der Waals surface area contributed by atoms with Gasteiger partial charge in [0.25, 0.3) is 0 Å². The van der Waals surface area contributed by atoms with Gasteiger partial charge in [-0.2, -0.15) is 5.10 Å². The number of hydrogen-bond acceptors (Lipinski definition) is 3. The minimum absolute atomic E-state index is 0.219. The Labute approximate surface area is 116 Å². The van der Waals surface area contributed by atoms with E-state index in [1.165, 1.54) is 0 Å². The zero-order valence-corrected chi connectivity index (χ0v) is 11.0. The van der Waals surface area contributed by atoms with Gasteiger partial charge in [-0.05, 0) is 31.1 Å². The molecule has 1 heterocycles. The molecular weight excluding hydrogens is 260 g/mol. The van der Waals surface area contributed by atoms with Crippen molar-refractivity contribution in [3.8, 4) is 0 Å². The Bertz CT molecular complexity index is 502. The van der Waals surface area contributed by atoms with E-state index in [0.717, 1.165) is 24.8 Å². The second-order valence-electron chi connectivity index (χ2n) is 5.66. The molecule has 4 unspecified atom stereocenters. The Morgan fingerprint density at radius 2 is 2.20 bits per heavy atom.